The lowest BCUT2D eigenvalue weighted by Crippen LogP contribution is -2.23. The van der Waals surface area contributed by atoms with Gasteiger partial charge in [-0.2, -0.15) is 0 Å². The van der Waals surface area contributed by atoms with Crippen LogP contribution in [0.3, 0.4) is 0 Å². The fourth-order valence-corrected chi connectivity index (χ4v) is 1.94. The number of aromatic nitrogens is 1. The summed E-state index contributed by atoms with van der Waals surface area (Å²) in [6, 6.07) is 7.66. The van der Waals surface area contributed by atoms with E-state index in [-0.39, 0.29) is 5.91 Å². The van der Waals surface area contributed by atoms with Crippen molar-refractivity contribution in [2.75, 3.05) is 6.54 Å². The lowest BCUT2D eigenvalue weighted by molar-refractivity contribution is 0.0949. The second-order valence-electron chi connectivity index (χ2n) is 4.58. The molecule has 0 aliphatic rings. The first-order valence-electron chi connectivity index (χ1n) is 6.60. The molecule has 21 heavy (non-hydrogen) atoms. The highest BCUT2D eigenvalue weighted by Crippen LogP contribution is 2.12. The summed E-state index contributed by atoms with van der Waals surface area (Å²) in [4.78, 5) is 12.1. The first-order chi connectivity index (χ1) is 10.1. The zero-order valence-electron chi connectivity index (χ0n) is 12.1. The van der Waals surface area contributed by atoms with Gasteiger partial charge in [-0.3, -0.25) is 4.79 Å². The van der Waals surface area contributed by atoms with Crippen LogP contribution in [0.1, 0.15) is 32.9 Å². The van der Waals surface area contributed by atoms with Gasteiger partial charge in [0.05, 0.1) is 12.2 Å². The van der Waals surface area contributed by atoms with Gasteiger partial charge in [-0.05, 0) is 31.5 Å². The van der Waals surface area contributed by atoms with Crippen LogP contribution >= 0.6 is 0 Å². The molecule has 0 radical (unpaired) electrons. The highest BCUT2D eigenvalue weighted by molar-refractivity contribution is 5.96. The van der Waals surface area contributed by atoms with Crippen LogP contribution in [0.4, 0.5) is 0 Å². The molecule has 3 N–H and O–H groups in total. The molecule has 0 saturated carbocycles. The van der Waals surface area contributed by atoms with Gasteiger partial charge < -0.3 is 15.6 Å². The highest BCUT2D eigenvalue weighted by atomic mass is 16.5. The van der Waals surface area contributed by atoms with Crippen molar-refractivity contribution in [3.63, 3.8) is 0 Å². The SMILES string of the molecule is Cc1noc(C)c1C(=O)NCc1ccc(C#CCN)cc1. The van der Waals surface area contributed by atoms with Crippen molar-refractivity contribution in [1.29, 1.82) is 0 Å². The molecule has 0 aliphatic heterocycles. The van der Waals surface area contributed by atoms with Gasteiger partial charge in [0.15, 0.2) is 0 Å². The molecule has 0 aliphatic carbocycles. The van der Waals surface area contributed by atoms with Crippen molar-refractivity contribution in [3.05, 3.63) is 52.4 Å². The van der Waals surface area contributed by atoms with Gasteiger partial charge in [-0.15, -0.1) is 0 Å². The molecule has 0 bridgehead atoms. The van der Waals surface area contributed by atoms with E-state index in [1.54, 1.807) is 13.8 Å². The summed E-state index contributed by atoms with van der Waals surface area (Å²) < 4.78 is 4.99. The van der Waals surface area contributed by atoms with Crippen LogP contribution in [0.25, 0.3) is 0 Å². The number of hydrogen-bond donors (Lipinski definition) is 2. The van der Waals surface area contributed by atoms with Crippen molar-refractivity contribution in [2.24, 2.45) is 5.73 Å². The molecule has 1 aromatic heterocycles. The zero-order chi connectivity index (χ0) is 15.2. The molecule has 5 heteroatoms. The van der Waals surface area contributed by atoms with Crippen LogP contribution in [0.2, 0.25) is 0 Å². The zero-order valence-corrected chi connectivity index (χ0v) is 12.1. The number of nitrogens with two attached hydrogens (primary N) is 1. The van der Waals surface area contributed by atoms with Gasteiger partial charge in [0.25, 0.3) is 5.91 Å². The Morgan fingerprint density at radius 3 is 2.62 bits per heavy atom. The second-order valence-corrected chi connectivity index (χ2v) is 4.58. The summed E-state index contributed by atoms with van der Waals surface area (Å²) in [6.07, 6.45) is 0. The summed E-state index contributed by atoms with van der Waals surface area (Å²) in [5.41, 5.74) is 8.32. The highest BCUT2D eigenvalue weighted by Gasteiger charge is 2.16. The Morgan fingerprint density at radius 1 is 1.33 bits per heavy atom. The lowest BCUT2D eigenvalue weighted by Gasteiger charge is -2.05. The number of carbonyl (C=O) groups excluding carboxylic acids is 1. The molecule has 1 amide bonds. The Balaban J connectivity index is 1.98. The number of aryl methyl sites for hydroxylation is 2. The Bertz CT molecular complexity index is 671. The van der Waals surface area contributed by atoms with Crippen molar-refractivity contribution in [1.82, 2.24) is 10.5 Å². The van der Waals surface area contributed by atoms with E-state index in [2.05, 4.69) is 22.3 Å². The first-order valence-corrected chi connectivity index (χ1v) is 6.60. The van der Waals surface area contributed by atoms with E-state index < -0.39 is 0 Å². The summed E-state index contributed by atoms with van der Waals surface area (Å²) in [5, 5.41) is 6.62. The van der Waals surface area contributed by atoms with E-state index in [9.17, 15) is 4.79 Å². The Kier molecular flexibility index (Phi) is 4.75. The van der Waals surface area contributed by atoms with Crippen molar-refractivity contribution < 1.29 is 9.32 Å². The number of rotatable bonds is 3. The lowest BCUT2D eigenvalue weighted by atomic mass is 10.1. The number of nitrogens with zero attached hydrogens (tertiary/aromatic N) is 1. The fourth-order valence-electron chi connectivity index (χ4n) is 1.94. The molecule has 1 aromatic carbocycles. The van der Waals surface area contributed by atoms with Gasteiger partial charge >= 0.3 is 0 Å². The van der Waals surface area contributed by atoms with Crippen LogP contribution in [-0.2, 0) is 6.54 Å². The third-order valence-corrected chi connectivity index (χ3v) is 3.00. The van der Waals surface area contributed by atoms with E-state index in [0.29, 0.717) is 30.1 Å². The van der Waals surface area contributed by atoms with Crippen molar-refractivity contribution >= 4 is 5.91 Å². The van der Waals surface area contributed by atoms with Gasteiger partial charge in [-0.25, -0.2) is 0 Å². The summed E-state index contributed by atoms with van der Waals surface area (Å²) >= 11 is 0. The van der Waals surface area contributed by atoms with Crippen LogP contribution in [-0.4, -0.2) is 17.6 Å². The van der Waals surface area contributed by atoms with Crippen LogP contribution < -0.4 is 11.1 Å². The quantitative estimate of drug-likeness (QED) is 0.837. The standard InChI is InChI=1S/C16H17N3O2/c1-11-15(12(2)21-19-11)16(20)18-10-14-7-5-13(6-8-14)4-3-9-17/h5-8H,9-10,17H2,1-2H3,(H,18,20). The predicted molar refractivity (Wildman–Crippen MR) is 79.5 cm³/mol. The number of benzene rings is 1. The topological polar surface area (TPSA) is 81.2 Å². The number of nitrogens with one attached hydrogen (secondary N) is 1. The van der Waals surface area contributed by atoms with Gasteiger partial charge in [0.2, 0.25) is 0 Å². The average molecular weight is 283 g/mol. The normalized spacial score (nSPS) is 9.86. The maximum absolute atomic E-state index is 12.1. The van der Waals surface area contributed by atoms with Crippen LogP contribution in [0.15, 0.2) is 28.8 Å². The van der Waals surface area contributed by atoms with Crippen molar-refractivity contribution in [3.8, 4) is 11.8 Å². The molecule has 1 heterocycles. The summed E-state index contributed by atoms with van der Waals surface area (Å²) in [7, 11) is 0. The second kappa shape index (κ2) is 6.73. The fraction of sp³-hybridized carbons (Fsp3) is 0.250. The molecular weight excluding hydrogens is 266 g/mol. The maximum Gasteiger partial charge on any atom is 0.257 e. The van der Waals surface area contributed by atoms with Gasteiger partial charge in [0.1, 0.15) is 11.3 Å². The minimum absolute atomic E-state index is 0.182. The molecule has 0 spiro atoms. The van der Waals surface area contributed by atoms with Crippen molar-refractivity contribution in [2.45, 2.75) is 20.4 Å². The molecule has 0 unspecified atom stereocenters. The summed E-state index contributed by atoms with van der Waals surface area (Å²) in [6.45, 7) is 4.25. The number of amides is 1. The molecule has 0 fully saturated rings. The minimum atomic E-state index is -0.182. The van der Waals surface area contributed by atoms with E-state index in [1.807, 2.05) is 24.3 Å². The Hall–Kier alpha value is -2.58. The average Bonchev–Trinajstić information content (AvgIpc) is 2.83. The maximum atomic E-state index is 12.1. The van der Waals surface area contributed by atoms with Crippen LogP contribution in [0, 0.1) is 25.7 Å². The number of hydrogen-bond acceptors (Lipinski definition) is 4. The van der Waals surface area contributed by atoms with E-state index in [0.717, 1.165) is 11.1 Å². The monoisotopic (exact) mass is 283 g/mol. The van der Waals surface area contributed by atoms with E-state index in [4.69, 9.17) is 10.3 Å². The third-order valence-electron chi connectivity index (χ3n) is 3.00. The predicted octanol–water partition coefficient (Wildman–Crippen LogP) is 1.53. The third kappa shape index (κ3) is 3.71. The van der Waals surface area contributed by atoms with E-state index in [1.165, 1.54) is 0 Å². The molecule has 108 valence electrons. The Labute approximate surface area is 123 Å². The molecule has 2 rings (SSSR count). The first kappa shape index (κ1) is 14.8. The number of carbonyl (C=O) groups is 1. The molecule has 2 aromatic rings. The van der Waals surface area contributed by atoms with Gasteiger partial charge in [0, 0.05) is 12.1 Å². The largest absolute Gasteiger partial charge is 0.361 e. The van der Waals surface area contributed by atoms with Crippen LogP contribution in [0.5, 0.6) is 0 Å². The molecule has 5 nitrogen and oxygen atoms in total. The molecule has 0 atom stereocenters. The molecule has 0 saturated heterocycles. The van der Waals surface area contributed by atoms with Gasteiger partial charge in [-0.1, -0.05) is 29.1 Å². The Morgan fingerprint density at radius 2 is 2.05 bits per heavy atom. The van der Waals surface area contributed by atoms with E-state index >= 15 is 0 Å². The smallest absolute Gasteiger partial charge is 0.257 e. The molecular formula is C16H17N3O2. The summed E-state index contributed by atoms with van der Waals surface area (Å²) in [5.74, 6) is 6.09. The minimum Gasteiger partial charge on any atom is -0.361 e.